The van der Waals surface area contributed by atoms with E-state index < -0.39 is 36.0 Å². The van der Waals surface area contributed by atoms with Crippen molar-refractivity contribution in [1.29, 1.82) is 0 Å². The molecule has 1 aliphatic heterocycles. The van der Waals surface area contributed by atoms with Crippen LogP contribution in [0.1, 0.15) is 12.5 Å². The first kappa shape index (κ1) is 19.7. The average Bonchev–Trinajstić information content (AvgIpc) is 2.76. The molecule has 1 fully saturated rings. The van der Waals surface area contributed by atoms with Crippen molar-refractivity contribution in [3.05, 3.63) is 46.5 Å². The molecule has 1 unspecified atom stereocenters. The lowest BCUT2D eigenvalue weighted by Gasteiger charge is -2.23. The van der Waals surface area contributed by atoms with Crippen molar-refractivity contribution < 1.29 is 19.2 Å². The molecule has 10 heteroatoms. The predicted octanol–water partition coefficient (Wildman–Crippen LogP) is 1.77. The number of urea groups is 2. The van der Waals surface area contributed by atoms with Gasteiger partial charge in [-0.15, -0.1) is 6.58 Å². The van der Waals surface area contributed by atoms with Gasteiger partial charge in [-0.1, -0.05) is 35.3 Å². The Morgan fingerprint density at radius 2 is 2.04 bits per heavy atom. The minimum Gasteiger partial charge on any atom is -0.334 e. The maximum Gasteiger partial charge on any atom is 0.325 e. The van der Waals surface area contributed by atoms with Crippen molar-refractivity contribution in [2.45, 2.75) is 12.5 Å². The topological polar surface area (TPSA) is 108 Å². The first-order valence-electron chi connectivity index (χ1n) is 7.47. The number of nitrogens with one attached hydrogen (secondary N) is 3. The molecule has 0 bridgehead atoms. The van der Waals surface area contributed by atoms with Crippen molar-refractivity contribution in [2.24, 2.45) is 0 Å². The van der Waals surface area contributed by atoms with Crippen LogP contribution in [0, 0.1) is 0 Å². The largest absolute Gasteiger partial charge is 0.334 e. The van der Waals surface area contributed by atoms with Gasteiger partial charge in [0.05, 0.1) is 0 Å². The van der Waals surface area contributed by atoms with E-state index in [1.807, 2.05) is 5.32 Å². The predicted molar refractivity (Wildman–Crippen MR) is 95.8 cm³/mol. The molecule has 26 heavy (non-hydrogen) atoms. The summed E-state index contributed by atoms with van der Waals surface area (Å²) in [6, 6.07) is 2.97. The lowest BCUT2D eigenvalue weighted by Crippen LogP contribution is -2.47. The van der Waals surface area contributed by atoms with Crippen LogP contribution in [0.15, 0.2) is 30.9 Å². The Labute approximate surface area is 159 Å². The van der Waals surface area contributed by atoms with Crippen molar-refractivity contribution in [3.8, 4) is 0 Å². The third-order valence-electron chi connectivity index (χ3n) is 3.71. The minimum absolute atomic E-state index is 0.162. The summed E-state index contributed by atoms with van der Waals surface area (Å²) < 4.78 is 0. The molecule has 0 radical (unpaired) electrons. The average molecular weight is 399 g/mol. The van der Waals surface area contributed by atoms with Crippen LogP contribution < -0.4 is 16.0 Å². The number of benzene rings is 1. The number of carbonyl (C=O) groups excluding carboxylic acids is 4. The monoisotopic (exact) mass is 398 g/mol. The molecule has 3 N–H and O–H groups in total. The van der Waals surface area contributed by atoms with E-state index in [0.717, 1.165) is 0 Å². The van der Waals surface area contributed by atoms with Crippen LogP contribution in [0.2, 0.25) is 10.0 Å². The van der Waals surface area contributed by atoms with Gasteiger partial charge in [0.1, 0.15) is 12.1 Å². The third-order valence-corrected chi connectivity index (χ3v) is 4.25. The van der Waals surface area contributed by atoms with E-state index in [0.29, 0.717) is 15.5 Å². The minimum atomic E-state index is -1.45. The van der Waals surface area contributed by atoms with Crippen LogP contribution in [0.3, 0.4) is 0 Å². The maximum absolute atomic E-state index is 12.7. The molecule has 0 spiro atoms. The van der Waals surface area contributed by atoms with Gasteiger partial charge < -0.3 is 10.6 Å². The summed E-state index contributed by atoms with van der Waals surface area (Å²) >= 11 is 12.0. The normalized spacial score (nSPS) is 19.1. The molecule has 0 saturated carbocycles. The van der Waals surface area contributed by atoms with E-state index >= 15 is 0 Å². The summed E-state index contributed by atoms with van der Waals surface area (Å²) in [4.78, 5) is 49.0. The molecular weight excluding hydrogens is 383 g/mol. The van der Waals surface area contributed by atoms with Gasteiger partial charge in [0.25, 0.3) is 5.91 Å². The van der Waals surface area contributed by atoms with Crippen LogP contribution in [-0.4, -0.2) is 41.9 Å². The summed E-state index contributed by atoms with van der Waals surface area (Å²) in [6.45, 7) is 4.43. The molecule has 1 aromatic rings. The highest BCUT2D eigenvalue weighted by Crippen LogP contribution is 2.34. The Morgan fingerprint density at radius 3 is 2.65 bits per heavy atom. The highest BCUT2D eigenvalue weighted by Gasteiger charge is 2.50. The Hall–Kier alpha value is -2.58. The summed E-state index contributed by atoms with van der Waals surface area (Å²) in [7, 11) is 0. The lowest BCUT2D eigenvalue weighted by atomic mass is 9.92. The molecule has 1 aliphatic rings. The molecule has 0 aromatic heterocycles. The summed E-state index contributed by atoms with van der Waals surface area (Å²) in [6.07, 6.45) is 1.43. The molecule has 0 aliphatic carbocycles. The number of hydrogen-bond acceptors (Lipinski definition) is 4. The number of nitrogens with zero attached hydrogens (tertiary/aromatic N) is 1. The Kier molecular flexibility index (Phi) is 5.89. The van der Waals surface area contributed by atoms with Crippen LogP contribution >= 0.6 is 23.2 Å². The van der Waals surface area contributed by atoms with Gasteiger partial charge in [-0.05, 0) is 19.1 Å². The number of carbonyl (C=O) groups is 4. The fraction of sp³-hybridized carbons (Fsp3) is 0.250. The van der Waals surface area contributed by atoms with Gasteiger partial charge in [-0.25, -0.2) is 9.59 Å². The molecule has 1 heterocycles. The number of halogens is 2. The van der Waals surface area contributed by atoms with Crippen LogP contribution in [-0.2, 0) is 15.1 Å². The smallest absolute Gasteiger partial charge is 0.325 e. The van der Waals surface area contributed by atoms with Gasteiger partial charge in [0.15, 0.2) is 0 Å². The second-order valence-corrected chi connectivity index (χ2v) is 6.46. The second kappa shape index (κ2) is 7.76. The van der Waals surface area contributed by atoms with E-state index in [-0.39, 0.29) is 11.6 Å². The third kappa shape index (κ3) is 3.97. The number of rotatable bonds is 5. The fourth-order valence-corrected chi connectivity index (χ4v) is 3.03. The van der Waals surface area contributed by atoms with Gasteiger partial charge in [0, 0.05) is 22.2 Å². The van der Waals surface area contributed by atoms with Crippen LogP contribution in [0.25, 0.3) is 0 Å². The highest BCUT2D eigenvalue weighted by atomic mass is 35.5. The second-order valence-electron chi connectivity index (χ2n) is 5.62. The van der Waals surface area contributed by atoms with Crippen LogP contribution in [0.4, 0.5) is 9.59 Å². The van der Waals surface area contributed by atoms with Crippen molar-refractivity contribution >= 4 is 47.1 Å². The van der Waals surface area contributed by atoms with Gasteiger partial charge >= 0.3 is 12.1 Å². The van der Waals surface area contributed by atoms with E-state index in [1.165, 1.54) is 31.2 Å². The molecule has 1 aromatic carbocycles. The van der Waals surface area contributed by atoms with E-state index in [9.17, 15) is 19.2 Å². The van der Waals surface area contributed by atoms with E-state index in [1.54, 1.807) is 0 Å². The standard InChI is InChI=1S/C16H16Cl2N4O4/c1-3-6-19-14(25)20-12(23)8-22-13(24)16(2,21-15(22)26)10-5-4-9(17)7-11(10)18/h3-5,7H,1,6,8H2,2H3,(H,21,26)(H2,19,20,23,25). The lowest BCUT2D eigenvalue weighted by molar-refractivity contribution is -0.134. The first-order chi connectivity index (χ1) is 12.2. The zero-order chi connectivity index (χ0) is 19.5. The Bertz CT molecular complexity index is 798. The number of imide groups is 2. The van der Waals surface area contributed by atoms with Crippen molar-refractivity contribution in [2.75, 3.05) is 13.1 Å². The van der Waals surface area contributed by atoms with Gasteiger partial charge in [0.2, 0.25) is 5.91 Å². The van der Waals surface area contributed by atoms with Crippen LogP contribution in [0.5, 0.6) is 0 Å². The van der Waals surface area contributed by atoms with Crippen molar-refractivity contribution in [1.82, 2.24) is 20.9 Å². The Morgan fingerprint density at radius 1 is 1.35 bits per heavy atom. The van der Waals surface area contributed by atoms with Crippen molar-refractivity contribution in [3.63, 3.8) is 0 Å². The van der Waals surface area contributed by atoms with E-state index in [2.05, 4.69) is 17.2 Å². The molecule has 1 atom stereocenters. The van der Waals surface area contributed by atoms with E-state index in [4.69, 9.17) is 23.2 Å². The van der Waals surface area contributed by atoms with Gasteiger partial charge in [-0.2, -0.15) is 0 Å². The SMILES string of the molecule is C=CCNC(=O)NC(=O)CN1C(=O)NC(C)(c2ccc(Cl)cc2Cl)C1=O. The molecular formula is C16H16Cl2N4O4. The summed E-state index contributed by atoms with van der Waals surface area (Å²) in [5.41, 5.74) is -1.11. The highest BCUT2D eigenvalue weighted by molar-refractivity contribution is 6.35. The number of amides is 6. The first-order valence-corrected chi connectivity index (χ1v) is 8.23. The fourth-order valence-electron chi connectivity index (χ4n) is 2.44. The molecule has 8 nitrogen and oxygen atoms in total. The molecule has 2 rings (SSSR count). The molecule has 6 amide bonds. The quantitative estimate of drug-likeness (QED) is 0.518. The number of hydrogen-bond donors (Lipinski definition) is 3. The summed E-state index contributed by atoms with van der Waals surface area (Å²) in [5, 5.41) is 7.45. The van der Waals surface area contributed by atoms with Gasteiger partial charge in [-0.3, -0.25) is 19.8 Å². The zero-order valence-electron chi connectivity index (χ0n) is 13.8. The molecule has 1 saturated heterocycles. The molecule has 138 valence electrons. The maximum atomic E-state index is 12.7. The summed E-state index contributed by atoms with van der Waals surface area (Å²) in [5.74, 6) is -1.49. The Balaban J connectivity index is 2.14. The zero-order valence-corrected chi connectivity index (χ0v) is 15.3.